The van der Waals surface area contributed by atoms with E-state index in [-0.39, 0.29) is 0 Å². The Hall–Kier alpha value is 0.510. The first-order chi connectivity index (χ1) is 3.31. The van der Waals surface area contributed by atoms with E-state index in [1.165, 1.54) is 0 Å². The normalized spacial score (nSPS) is 8.86. The summed E-state index contributed by atoms with van der Waals surface area (Å²) in [4.78, 5) is 0. The molecule has 7 heavy (non-hydrogen) atoms. The van der Waals surface area contributed by atoms with Gasteiger partial charge in [0, 0.05) is 11.2 Å². The van der Waals surface area contributed by atoms with E-state index in [0.29, 0.717) is 5.88 Å². The Kier molecular flexibility index (Phi) is 5.00. The fraction of sp³-hybridized carbons (Fsp3) is 0.600. The number of halogens is 2. The maximum Gasteiger partial charge on any atom is 0.0431 e. The number of allylic oxidation sites excluding steroid dienone is 1. The lowest BCUT2D eigenvalue weighted by molar-refractivity contribution is 1.14. The van der Waals surface area contributed by atoms with Gasteiger partial charge in [-0.2, -0.15) is 0 Å². The fourth-order valence-corrected chi connectivity index (χ4v) is 0.895. The molecule has 0 aliphatic heterocycles. The summed E-state index contributed by atoms with van der Waals surface area (Å²) in [6.07, 6.45) is 0.990. The zero-order valence-corrected chi connectivity index (χ0v) is 6.43. The van der Waals surface area contributed by atoms with E-state index in [4.69, 9.17) is 11.6 Å². The van der Waals surface area contributed by atoms with Crippen molar-refractivity contribution < 1.29 is 0 Å². The van der Waals surface area contributed by atoms with Gasteiger partial charge in [0.25, 0.3) is 0 Å². The predicted molar refractivity (Wildman–Crippen MR) is 38.3 cm³/mol. The first-order valence-corrected chi connectivity index (χ1v) is 3.75. The summed E-state index contributed by atoms with van der Waals surface area (Å²) in [5, 5.41) is 0.971. The quantitative estimate of drug-likeness (QED) is 0.466. The van der Waals surface area contributed by atoms with E-state index in [2.05, 4.69) is 22.5 Å². The van der Waals surface area contributed by atoms with Gasteiger partial charge in [0.1, 0.15) is 0 Å². The molecule has 0 heterocycles. The molecule has 0 spiro atoms. The predicted octanol–water partition coefficient (Wildman–Crippen LogP) is 2.57. The maximum absolute atomic E-state index is 5.41. The molecule has 0 fully saturated rings. The molecule has 0 aliphatic carbocycles. The van der Waals surface area contributed by atoms with Gasteiger partial charge >= 0.3 is 0 Å². The molecule has 2 heteroatoms. The van der Waals surface area contributed by atoms with Crippen LogP contribution in [0.25, 0.3) is 0 Å². The Morgan fingerprint density at radius 2 is 2.29 bits per heavy atom. The second-order valence-corrected chi connectivity index (χ2v) is 2.38. The van der Waals surface area contributed by atoms with Gasteiger partial charge in [-0.1, -0.05) is 28.1 Å². The third-order valence-electron chi connectivity index (χ3n) is 0.637. The first kappa shape index (κ1) is 7.51. The second kappa shape index (κ2) is 4.66. The number of rotatable bonds is 3. The van der Waals surface area contributed by atoms with Gasteiger partial charge in [0.05, 0.1) is 0 Å². The smallest absolute Gasteiger partial charge is 0.0431 e. The van der Waals surface area contributed by atoms with Gasteiger partial charge in [-0.3, -0.25) is 0 Å². The molecular formula is C5H8BrCl. The number of hydrogen-bond acceptors (Lipinski definition) is 0. The van der Waals surface area contributed by atoms with Gasteiger partial charge in [0.2, 0.25) is 0 Å². The van der Waals surface area contributed by atoms with Crippen LogP contribution < -0.4 is 0 Å². The lowest BCUT2D eigenvalue weighted by Crippen LogP contribution is -1.81. The largest absolute Gasteiger partial charge is 0.122 e. The van der Waals surface area contributed by atoms with E-state index in [1.54, 1.807) is 0 Å². The van der Waals surface area contributed by atoms with Crippen molar-refractivity contribution in [3.63, 3.8) is 0 Å². The van der Waals surface area contributed by atoms with Crippen molar-refractivity contribution in [3.8, 4) is 0 Å². The van der Waals surface area contributed by atoms with Crippen LogP contribution in [0.5, 0.6) is 0 Å². The van der Waals surface area contributed by atoms with E-state index in [1.807, 2.05) is 0 Å². The zero-order chi connectivity index (χ0) is 5.70. The highest BCUT2D eigenvalue weighted by atomic mass is 79.9. The van der Waals surface area contributed by atoms with Crippen LogP contribution in [0, 0.1) is 0 Å². The molecule has 0 aliphatic rings. The second-order valence-electron chi connectivity index (χ2n) is 1.32. The van der Waals surface area contributed by atoms with E-state index in [9.17, 15) is 0 Å². The Balaban J connectivity index is 3.00. The SMILES string of the molecule is C=C(CCl)CCBr. The molecule has 0 atom stereocenters. The molecule has 0 saturated carbocycles. The third kappa shape index (κ3) is 4.36. The van der Waals surface area contributed by atoms with Crippen LogP contribution in [0.4, 0.5) is 0 Å². The van der Waals surface area contributed by atoms with Crippen LogP contribution in [0.3, 0.4) is 0 Å². The highest BCUT2D eigenvalue weighted by Gasteiger charge is 1.86. The summed E-state index contributed by atoms with van der Waals surface area (Å²) in [5.74, 6) is 0.589. The standard InChI is InChI=1S/C5H8BrCl/c1-5(4-7)2-3-6/h1-4H2. The first-order valence-electron chi connectivity index (χ1n) is 2.10. The average Bonchev–Trinajstić information content (AvgIpc) is 1.68. The highest BCUT2D eigenvalue weighted by molar-refractivity contribution is 9.09. The monoisotopic (exact) mass is 182 g/mol. The third-order valence-corrected chi connectivity index (χ3v) is 1.41. The summed E-state index contributed by atoms with van der Waals surface area (Å²) < 4.78 is 0. The van der Waals surface area contributed by atoms with Gasteiger partial charge in [-0.25, -0.2) is 0 Å². The molecule has 0 aromatic rings. The van der Waals surface area contributed by atoms with Crippen LogP contribution in [0.1, 0.15) is 6.42 Å². The average molecular weight is 183 g/mol. The molecule has 0 aromatic heterocycles. The van der Waals surface area contributed by atoms with Gasteiger partial charge in [-0.15, -0.1) is 11.6 Å². The van der Waals surface area contributed by atoms with Crippen molar-refractivity contribution >= 4 is 27.5 Å². The maximum atomic E-state index is 5.41. The molecule has 0 unspecified atom stereocenters. The Bertz CT molecular complexity index is 61.1. The van der Waals surface area contributed by atoms with E-state index < -0.39 is 0 Å². The van der Waals surface area contributed by atoms with Gasteiger partial charge < -0.3 is 0 Å². The van der Waals surface area contributed by atoms with Crippen molar-refractivity contribution in [2.24, 2.45) is 0 Å². The Morgan fingerprint density at radius 1 is 1.71 bits per heavy atom. The van der Waals surface area contributed by atoms with Crippen molar-refractivity contribution in [1.29, 1.82) is 0 Å². The summed E-state index contributed by atoms with van der Waals surface area (Å²) >= 11 is 8.68. The lowest BCUT2D eigenvalue weighted by atomic mass is 10.3. The zero-order valence-electron chi connectivity index (χ0n) is 4.08. The van der Waals surface area contributed by atoms with Crippen LogP contribution in [-0.2, 0) is 0 Å². The van der Waals surface area contributed by atoms with Crippen molar-refractivity contribution in [1.82, 2.24) is 0 Å². The molecule has 0 rings (SSSR count). The van der Waals surface area contributed by atoms with Gasteiger partial charge in [0.15, 0.2) is 0 Å². The van der Waals surface area contributed by atoms with Gasteiger partial charge in [-0.05, 0) is 6.42 Å². The number of alkyl halides is 2. The summed E-state index contributed by atoms with van der Waals surface area (Å²) in [6.45, 7) is 3.70. The lowest BCUT2D eigenvalue weighted by Gasteiger charge is -1.91. The highest BCUT2D eigenvalue weighted by Crippen LogP contribution is 2.01. The van der Waals surface area contributed by atoms with Crippen molar-refractivity contribution in [2.45, 2.75) is 6.42 Å². The minimum atomic E-state index is 0.589. The van der Waals surface area contributed by atoms with Crippen molar-refractivity contribution in [2.75, 3.05) is 11.2 Å². The summed E-state index contributed by atoms with van der Waals surface area (Å²) in [7, 11) is 0. The van der Waals surface area contributed by atoms with Crippen LogP contribution in [-0.4, -0.2) is 11.2 Å². The van der Waals surface area contributed by atoms with Crippen LogP contribution >= 0.6 is 27.5 Å². The van der Waals surface area contributed by atoms with Crippen LogP contribution in [0.15, 0.2) is 12.2 Å². The minimum Gasteiger partial charge on any atom is -0.122 e. The fourth-order valence-electron chi connectivity index (χ4n) is 0.200. The molecule has 0 saturated heterocycles. The molecule has 0 N–H and O–H groups in total. The summed E-state index contributed by atoms with van der Waals surface area (Å²) in [6, 6.07) is 0. The van der Waals surface area contributed by atoms with Crippen LogP contribution in [0.2, 0.25) is 0 Å². The minimum absolute atomic E-state index is 0.589. The number of hydrogen-bond donors (Lipinski definition) is 0. The van der Waals surface area contributed by atoms with Crippen molar-refractivity contribution in [3.05, 3.63) is 12.2 Å². The molecule has 0 bridgehead atoms. The van der Waals surface area contributed by atoms with E-state index >= 15 is 0 Å². The molecule has 0 amide bonds. The Morgan fingerprint density at radius 3 is 2.43 bits per heavy atom. The molecule has 0 aromatic carbocycles. The van der Waals surface area contributed by atoms with E-state index in [0.717, 1.165) is 17.3 Å². The molecule has 0 nitrogen and oxygen atoms in total. The molecule has 0 radical (unpaired) electrons. The topological polar surface area (TPSA) is 0 Å². The Labute approximate surface area is 57.7 Å². The molecule has 42 valence electrons. The molecular weight excluding hydrogens is 175 g/mol. The summed E-state index contributed by atoms with van der Waals surface area (Å²) in [5.41, 5.74) is 1.10.